The van der Waals surface area contributed by atoms with E-state index in [0.717, 1.165) is 5.56 Å². The molecule has 0 radical (unpaired) electrons. The van der Waals surface area contributed by atoms with Crippen LogP contribution in [0.25, 0.3) is 0 Å². The topological polar surface area (TPSA) is 67.4 Å². The van der Waals surface area contributed by atoms with E-state index in [1.54, 1.807) is 42.5 Å². The molecule has 0 unspecified atom stereocenters. The van der Waals surface area contributed by atoms with Crippen LogP contribution in [-0.2, 0) is 4.79 Å². The van der Waals surface area contributed by atoms with E-state index in [0.29, 0.717) is 27.7 Å². The number of rotatable bonds is 6. The number of hydrogen-bond acceptors (Lipinski definition) is 3. The van der Waals surface area contributed by atoms with Crippen LogP contribution in [0.1, 0.15) is 15.9 Å². The highest BCUT2D eigenvalue weighted by atomic mass is 35.5. The van der Waals surface area contributed by atoms with Crippen LogP contribution < -0.4 is 15.4 Å². The average Bonchev–Trinajstić information content (AvgIpc) is 2.70. The maximum absolute atomic E-state index is 12.2. The number of benzene rings is 3. The molecule has 0 aliphatic rings. The average molecular weight is 395 g/mol. The number of anilines is 2. The molecule has 3 aromatic carbocycles. The van der Waals surface area contributed by atoms with Gasteiger partial charge in [-0.15, -0.1) is 0 Å². The van der Waals surface area contributed by atoms with Crippen molar-refractivity contribution in [2.24, 2.45) is 0 Å². The molecule has 0 atom stereocenters. The fourth-order valence-electron chi connectivity index (χ4n) is 2.46. The van der Waals surface area contributed by atoms with Crippen LogP contribution >= 0.6 is 11.6 Å². The van der Waals surface area contributed by atoms with Gasteiger partial charge in [0.05, 0.1) is 10.7 Å². The zero-order valence-corrected chi connectivity index (χ0v) is 16.0. The van der Waals surface area contributed by atoms with Crippen molar-refractivity contribution in [2.75, 3.05) is 17.2 Å². The molecule has 0 bridgehead atoms. The lowest BCUT2D eigenvalue weighted by molar-refractivity contribution is -0.118. The van der Waals surface area contributed by atoms with Gasteiger partial charge in [-0.05, 0) is 49.4 Å². The van der Waals surface area contributed by atoms with E-state index in [-0.39, 0.29) is 18.4 Å². The highest BCUT2D eigenvalue weighted by Gasteiger charge is 2.10. The quantitative estimate of drug-likeness (QED) is 0.623. The normalized spacial score (nSPS) is 10.2. The zero-order valence-electron chi connectivity index (χ0n) is 15.2. The Labute approximate surface area is 168 Å². The van der Waals surface area contributed by atoms with Gasteiger partial charge in [-0.2, -0.15) is 0 Å². The first kappa shape index (κ1) is 19.5. The third-order valence-electron chi connectivity index (χ3n) is 3.93. The van der Waals surface area contributed by atoms with E-state index in [1.165, 1.54) is 0 Å². The Bertz CT molecular complexity index is 973. The maximum atomic E-state index is 12.2. The van der Waals surface area contributed by atoms with Gasteiger partial charge in [0, 0.05) is 11.3 Å². The van der Waals surface area contributed by atoms with Gasteiger partial charge in [-0.1, -0.05) is 47.5 Å². The summed E-state index contributed by atoms with van der Waals surface area (Å²) >= 11 is 6.23. The van der Waals surface area contributed by atoms with Crippen molar-refractivity contribution < 1.29 is 14.3 Å². The molecule has 6 heteroatoms. The molecule has 2 N–H and O–H groups in total. The van der Waals surface area contributed by atoms with Crippen molar-refractivity contribution in [1.29, 1.82) is 0 Å². The van der Waals surface area contributed by atoms with Crippen molar-refractivity contribution in [3.63, 3.8) is 0 Å². The second-order valence-corrected chi connectivity index (χ2v) is 6.57. The number of amides is 2. The highest BCUT2D eigenvalue weighted by molar-refractivity contribution is 6.34. The van der Waals surface area contributed by atoms with Crippen molar-refractivity contribution in [2.45, 2.75) is 6.92 Å². The minimum Gasteiger partial charge on any atom is -0.484 e. The highest BCUT2D eigenvalue weighted by Crippen LogP contribution is 2.26. The first-order chi connectivity index (χ1) is 13.5. The summed E-state index contributed by atoms with van der Waals surface area (Å²) < 4.78 is 5.45. The molecule has 28 heavy (non-hydrogen) atoms. The number of aryl methyl sites for hydroxylation is 1. The van der Waals surface area contributed by atoms with Gasteiger partial charge < -0.3 is 15.4 Å². The molecule has 0 fully saturated rings. The smallest absolute Gasteiger partial charge is 0.262 e. The molecular formula is C22H19ClN2O3. The van der Waals surface area contributed by atoms with E-state index in [1.807, 2.05) is 37.3 Å². The number of carbonyl (C=O) groups is 2. The van der Waals surface area contributed by atoms with Gasteiger partial charge >= 0.3 is 0 Å². The van der Waals surface area contributed by atoms with Gasteiger partial charge in [-0.3, -0.25) is 9.59 Å². The molecule has 0 aromatic heterocycles. The van der Waals surface area contributed by atoms with E-state index >= 15 is 0 Å². The molecule has 0 saturated carbocycles. The summed E-state index contributed by atoms with van der Waals surface area (Å²) in [6.45, 7) is 1.86. The van der Waals surface area contributed by atoms with Crippen LogP contribution in [0.3, 0.4) is 0 Å². The first-order valence-electron chi connectivity index (χ1n) is 8.66. The Morgan fingerprint density at radius 3 is 2.32 bits per heavy atom. The van der Waals surface area contributed by atoms with Crippen LogP contribution in [0.5, 0.6) is 5.75 Å². The summed E-state index contributed by atoms with van der Waals surface area (Å²) in [6, 6.07) is 21.2. The Kier molecular flexibility index (Phi) is 6.29. The van der Waals surface area contributed by atoms with Crippen molar-refractivity contribution in [3.8, 4) is 5.75 Å². The van der Waals surface area contributed by atoms with Crippen LogP contribution in [0.15, 0.2) is 72.8 Å². The van der Waals surface area contributed by atoms with Gasteiger partial charge in [0.2, 0.25) is 0 Å². The molecule has 2 amide bonds. The number of carbonyl (C=O) groups excluding carboxylic acids is 2. The standard InChI is InChI=1S/C22H19ClN2O3/c1-15-7-10-18(11-8-15)28-14-21(26)24-17-9-12-20(19(23)13-17)25-22(27)16-5-3-2-4-6-16/h2-13H,14H2,1H3,(H,24,26)(H,25,27). The number of nitrogens with one attached hydrogen (secondary N) is 2. The minimum atomic E-state index is -0.308. The lowest BCUT2D eigenvalue weighted by Crippen LogP contribution is -2.20. The monoisotopic (exact) mass is 394 g/mol. The molecule has 3 aromatic rings. The Morgan fingerprint density at radius 1 is 0.929 bits per heavy atom. The summed E-state index contributed by atoms with van der Waals surface area (Å²) in [5.74, 6) is 0.0567. The molecular weight excluding hydrogens is 376 g/mol. The lowest BCUT2D eigenvalue weighted by atomic mass is 10.2. The summed E-state index contributed by atoms with van der Waals surface area (Å²) in [5, 5.41) is 5.79. The molecule has 0 aliphatic carbocycles. The van der Waals surface area contributed by atoms with Gasteiger partial charge in [0.1, 0.15) is 5.75 Å². The van der Waals surface area contributed by atoms with Crippen LogP contribution in [-0.4, -0.2) is 18.4 Å². The van der Waals surface area contributed by atoms with Gasteiger partial charge in [0.25, 0.3) is 11.8 Å². The maximum Gasteiger partial charge on any atom is 0.262 e. The lowest BCUT2D eigenvalue weighted by Gasteiger charge is -2.11. The van der Waals surface area contributed by atoms with Crippen LogP contribution in [0, 0.1) is 6.92 Å². The van der Waals surface area contributed by atoms with Crippen molar-refractivity contribution in [3.05, 3.63) is 88.9 Å². The molecule has 0 spiro atoms. The van der Waals surface area contributed by atoms with E-state index in [4.69, 9.17) is 16.3 Å². The van der Waals surface area contributed by atoms with E-state index < -0.39 is 0 Å². The predicted molar refractivity (Wildman–Crippen MR) is 111 cm³/mol. The fraction of sp³-hybridized carbons (Fsp3) is 0.0909. The van der Waals surface area contributed by atoms with E-state index in [9.17, 15) is 9.59 Å². The molecule has 142 valence electrons. The first-order valence-corrected chi connectivity index (χ1v) is 9.04. The minimum absolute atomic E-state index is 0.118. The second kappa shape index (κ2) is 9.06. The fourth-order valence-corrected chi connectivity index (χ4v) is 2.69. The number of halogens is 1. The van der Waals surface area contributed by atoms with Crippen LogP contribution in [0.2, 0.25) is 5.02 Å². The summed E-state index contributed by atoms with van der Waals surface area (Å²) in [4.78, 5) is 24.3. The van der Waals surface area contributed by atoms with Gasteiger partial charge in [0.15, 0.2) is 6.61 Å². The van der Waals surface area contributed by atoms with Crippen molar-refractivity contribution in [1.82, 2.24) is 0 Å². The predicted octanol–water partition coefficient (Wildman–Crippen LogP) is 4.92. The van der Waals surface area contributed by atoms with Crippen molar-refractivity contribution >= 4 is 34.8 Å². The second-order valence-electron chi connectivity index (χ2n) is 6.16. The number of hydrogen-bond donors (Lipinski definition) is 2. The third-order valence-corrected chi connectivity index (χ3v) is 4.24. The largest absolute Gasteiger partial charge is 0.484 e. The summed E-state index contributed by atoms with van der Waals surface area (Å²) in [6.07, 6.45) is 0. The summed E-state index contributed by atoms with van der Waals surface area (Å²) in [5.41, 5.74) is 2.62. The Balaban J connectivity index is 1.56. The molecule has 5 nitrogen and oxygen atoms in total. The molecule has 0 heterocycles. The molecule has 0 aliphatic heterocycles. The third kappa shape index (κ3) is 5.34. The van der Waals surface area contributed by atoms with E-state index in [2.05, 4.69) is 10.6 Å². The SMILES string of the molecule is Cc1ccc(OCC(=O)Nc2ccc(NC(=O)c3ccccc3)c(Cl)c2)cc1. The number of ether oxygens (including phenoxy) is 1. The van der Waals surface area contributed by atoms with Crippen LogP contribution in [0.4, 0.5) is 11.4 Å². The summed E-state index contributed by atoms with van der Waals surface area (Å²) in [7, 11) is 0. The Morgan fingerprint density at radius 2 is 1.64 bits per heavy atom. The Hall–Kier alpha value is -3.31. The zero-order chi connectivity index (χ0) is 19.9. The molecule has 0 saturated heterocycles. The van der Waals surface area contributed by atoms with Gasteiger partial charge in [-0.25, -0.2) is 0 Å². The molecule has 3 rings (SSSR count).